The molecule has 2 nitrogen and oxygen atoms in total. The molecule has 0 saturated heterocycles. The molecule has 0 spiro atoms. The van der Waals surface area contributed by atoms with E-state index in [1.807, 2.05) is 6.92 Å². The van der Waals surface area contributed by atoms with Crippen molar-refractivity contribution < 1.29 is 13.9 Å². The number of alkyl halides is 2. The fourth-order valence-electron chi connectivity index (χ4n) is 1.21. The van der Waals surface area contributed by atoms with Gasteiger partial charge in [0.15, 0.2) is 0 Å². The largest absolute Gasteiger partial charge is 0.390 e. The van der Waals surface area contributed by atoms with E-state index in [9.17, 15) is 8.78 Å². The van der Waals surface area contributed by atoms with Gasteiger partial charge in [0.05, 0.1) is 6.04 Å². The Hall–Kier alpha value is -0.520. The molecule has 0 bridgehead atoms. The second kappa shape index (κ2) is 4.55. The molecule has 0 unspecified atom stereocenters. The number of hydrogen-bond donors (Lipinski definition) is 2. The molecule has 0 aliphatic rings. The molecule has 0 amide bonds. The molecule has 1 rings (SSSR count). The van der Waals surface area contributed by atoms with E-state index in [-0.39, 0.29) is 0 Å². The molecule has 0 fully saturated rings. The first-order valence-electron chi connectivity index (χ1n) is 4.39. The number of aryl methyl sites for hydroxylation is 1. The van der Waals surface area contributed by atoms with Crippen LogP contribution in [-0.4, -0.2) is 17.6 Å². The number of halogens is 3. The molecule has 3 N–H and O–H groups in total. The predicted molar refractivity (Wildman–Crippen MR) is 57.8 cm³/mol. The highest BCUT2D eigenvalue weighted by Crippen LogP contribution is 2.33. The SMILES string of the molecule is Cc1ccc([C@@H](N)C(F)(F)CO)c(Br)c1. The van der Waals surface area contributed by atoms with E-state index in [0.717, 1.165) is 5.56 Å². The monoisotopic (exact) mass is 279 g/mol. The first-order valence-corrected chi connectivity index (χ1v) is 5.18. The summed E-state index contributed by atoms with van der Waals surface area (Å²) in [6.07, 6.45) is 0. The molecule has 84 valence electrons. The van der Waals surface area contributed by atoms with Crippen LogP contribution in [0.25, 0.3) is 0 Å². The van der Waals surface area contributed by atoms with Crippen LogP contribution in [0, 0.1) is 6.92 Å². The maximum atomic E-state index is 13.1. The Morgan fingerprint density at radius 1 is 1.53 bits per heavy atom. The Labute approximate surface area is 95.2 Å². The molecular formula is C10H12BrF2NO. The van der Waals surface area contributed by atoms with Crippen LogP contribution in [-0.2, 0) is 0 Å². The smallest absolute Gasteiger partial charge is 0.289 e. The van der Waals surface area contributed by atoms with E-state index in [2.05, 4.69) is 15.9 Å². The van der Waals surface area contributed by atoms with Gasteiger partial charge in [-0.05, 0) is 24.1 Å². The van der Waals surface area contributed by atoms with E-state index >= 15 is 0 Å². The summed E-state index contributed by atoms with van der Waals surface area (Å²) in [5.41, 5.74) is 6.63. The van der Waals surface area contributed by atoms with Crippen molar-refractivity contribution in [1.29, 1.82) is 0 Å². The van der Waals surface area contributed by atoms with Gasteiger partial charge >= 0.3 is 0 Å². The molecule has 1 aromatic carbocycles. The minimum Gasteiger partial charge on any atom is -0.390 e. The van der Waals surface area contributed by atoms with Crippen LogP contribution in [0.3, 0.4) is 0 Å². The molecular weight excluding hydrogens is 268 g/mol. The molecule has 0 heterocycles. The zero-order chi connectivity index (χ0) is 11.6. The van der Waals surface area contributed by atoms with Crippen molar-refractivity contribution in [3.8, 4) is 0 Å². The third kappa shape index (κ3) is 2.74. The predicted octanol–water partition coefficient (Wildman–Crippen LogP) is 2.38. The van der Waals surface area contributed by atoms with Gasteiger partial charge in [-0.15, -0.1) is 0 Å². The van der Waals surface area contributed by atoms with Gasteiger partial charge in [0, 0.05) is 4.47 Å². The zero-order valence-electron chi connectivity index (χ0n) is 8.17. The number of aliphatic hydroxyl groups is 1. The van der Waals surface area contributed by atoms with Crippen LogP contribution >= 0.6 is 15.9 Å². The van der Waals surface area contributed by atoms with Crippen molar-refractivity contribution in [1.82, 2.24) is 0 Å². The molecule has 15 heavy (non-hydrogen) atoms. The third-order valence-electron chi connectivity index (χ3n) is 2.16. The molecule has 0 radical (unpaired) electrons. The standard InChI is InChI=1S/C10H12BrF2NO/c1-6-2-3-7(8(11)4-6)9(14)10(12,13)5-15/h2-4,9,15H,5,14H2,1H3/t9-/m1/s1. The van der Waals surface area contributed by atoms with Crippen molar-refractivity contribution in [2.75, 3.05) is 6.61 Å². The van der Waals surface area contributed by atoms with Gasteiger partial charge in [0.1, 0.15) is 6.61 Å². The maximum absolute atomic E-state index is 13.1. The highest BCUT2D eigenvalue weighted by atomic mass is 79.9. The highest BCUT2D eigenvalue weighted by molar-refractivity contribution is 9.10. The van der Waals surface area contributed by atoms with Crippen molar-refractivity contribution in [3.05, 3.63) is 33.8 Å². The van der Waals surface area contributed by atoms with Gasteiger partial charge < -0.3 is 10.8 Å². The molecule has 1 atom stereocenters. The van der Waals surface area contributed by atoms with Crippen LogP contribution in [0.5, 0.6) is 0 Å². The van der Waals surface area contributed by atoms with Crippen LogP contribution < -0.4 is 5.73 Å². The van der Waals surface area contributed by atoms with E-state index in [0.29, 0.717) is 10.0 Å². The normalized spacial score (nSPS) is 14.0. The second-order valence-electron chi connectivity index (χ2n) is 3.42. The molecule has 0 aliphatic heterocycles. The third-order valence-corrected chi connectivity index (χ3v) is 2.84. The Morgan fingerprint density at radius 3 is 2.60 bits per heavy atom. The first kappa shape index (κ1) is 12.5. The minimum atomic E-state index is -3.31. The van der Waals surface area contributed by atoms with Crippen molar-refractivity contribution in [2.24, 2.45) is 5.73 Å². The fourth-order valence-corrected chi connectivity index (χ4v) is 1.95. The van der Waals surface area contributed by atoms with Gasteiger partial charge in [-0.25, -0.2) is 8.78 Å². The van der Waals surface area contributed by atoms with E-state index in [4.69, 9.17) is 10.8 Å². The van der Waals surface area contributed by atoms with Gasteiger partial charge in [0.2, 0.25) is 0 Å². The average Bonchev–Trinajstić information content (AvgIpc) is 2.17. The summed E-state index contributed by atoms with van der Waals surface area (Å²) >= 11 is 3.17. The van der Waals surface area contributed by atoms with Crippen LogP contribution in [0.1, 0.15) is 17.2 Å². The molecule has 0 saturated carbocycles. The van der Waals surface area contributed by atoms with Crippen LogP contribution in [0.15, 0.2) is 22.7 Å². The highest BCUT2D eigenvalue weighted by Gasteiger charge is 2.38. The van der Waals surface area contributed by atoms with Crippen LogP contribution in [0.4, 0.5) is 8.78 Å². The lowest BCUT2D eigenvalue weighted by molar-refractivity contribution is -0.0713. The second-order valence-corrected chi connectivity index (χ2v) is 4.28. The lowest BCUT2D eigenvalue weighted by atomic mass is 10.0. The topological polar surface area (TPSA) is 46.2 Å². The van der Waals surface area contributed by atoms with E-state index < -0.39 is 18.6 Å². The molecule has 1 aromatic rings. The van der Waals surface area contributed by atoms with Crippen molar-refractivity contribution >= 4 is 15.9 Å². The summed E-state index contributed by atoms with van der Waals surface area (Å²) in [6, 6.07) is 3.45. The van der Waals surface area contributed by atoms with Crippen LogP contribution in [0.2, 0.25) is 0 Å². The summed E-state index contributed by atoms with van der Waals surface area (Å²) in [5, 5.41) is 8.53. The van der Waals surface area contributed by atoms with Crippen molar-refractivity contribution in [3.63, 3.8) is 0 Å². The summed E-state index contributed by atoms with van der Waals surface area (Å²) in [5.74, 6) is -3.31. The number of hydrogen-bond acceptors (Lipinski definition) is 2. The zero-order valence-corrected chi connectivity index (χ0v) is 9.76. The van der Waals surface area contributed by atoms with Gasteiger partial charge in [-0.3, -0.25) is 0 Å². The fraction of sp³-hybridized carbons (Fsp3) is 0.400. The first-order chi connectivity index (χ1) is 6.88. The molecule has 0 aromatic heterocycles. The summed E-state index contributed by atoms with van der Waals surface area (Å²) in [6.45, 7) is 0.596. The van der Waals surface area contributed by atoms with Gasteiger partial charge in [-0.2, -0.15) is 0 Å². The quantitative estimate of drug-likeness (QED) is 0.893. The Bertz CT molecular complexity index is 357. The number of rotatable bonds is 3. The number of nitrogens with two attached hydrogens (primary N) is 1. The Kier molecular flexibility index (Phi) is 3.81. The Balaban J connectivity index is 3.06. The van der Waals surface area contributed by atoms with Crippen molar-refractivity contribution in [2.45, 2.75) is 18.9 Å². The minimum absolute atomic E-state index is 0.291. The Morgan fingerprint density at radius 2 is 2.13 bits per heavy atom. The lowest BCUT2D eigenvalue weighted by Gasteiger charge is -2.22. The lowest BCUT2D eigenvalue weighted by Crippen LogP contribution is -2.36. The average molecular weight is 280 g/mol. The summed E-state index contributed by atoms with van der Waals surface area (Å²) in [4.78, 5) is 0. The molecule has 5 heteroatoms. The molecule has 0 aliphatic carbocycles. The summed E-state index contributed by atoms with van der Waals surface area (Å²) < 4.78 is 26.8. The van der Waals surface area contributed by atoms with Gasteiger partial charge in [-0.1, -0.05) is 28.1 Å². The van der Waals surface area contributed by atoms with E-state index in [1.165, 1.54) is 6.07 Å². The van der Waals surface area contributed by atoms with E-state index in [1.54, 1.807) is 12.1 Å². The maximum Gasteiger partial charge on any atom is 0.289 e. The number of benzene rings is 1. The number of aliphatic hydroxyl groups excluding tert-OH is 1. The van der Waals surface area contributed by atoms with Gasteiger partial charge in [0.25, 0.3) is 5.92 Å². The summed E-state index contributed by atoms with van der Waals surface area (Å²) in [7, 11) is 0.